The Kier molecular flexibility index (Phi) is 4.13. The first-order valence-corrected chi connectivity index (χ1v) is 8.22. The van der Waals surface area contributed by atoms with Crippen molar-refractivity contribution in [2.45, 2.75) is 17.4 Å². The van der Waals surface area contributed by atoms with Crippen LogP contribution in [0.4, 0.5) is 8.78 Å². The Hall–Kier alpha value is -1.05. The molecule has 0 spiro atoms. The Morgan fingerprint density at radius 3 is 2.55 bits per heavy atom. The molecule has 1 aromatic rings. The Morgan fingerprint density at radius 2 is 2.05 bits per heavy atom. The highest BCUT2D eigenvalue weighted by Gasteiger charge is 2.33. The number of rotatable bonds is 3. The molecule has 1 aliphatic heterocycles. The van der Waals surface area contributed by atoms with E-state index in [2.05, 4.69) is 0 Å². The average molecular weight is 304 g/mol. The highest BCUT2D eigenvalue weighted by atomic mass is 32.2. The second kappa shape index (κ2) is 5.38. The standard InChI is InChI=1S/C13H18F2N2O2S/c1-17-7-8(6-16)3-12(17)10-4-9(20(2,18)19)5-11(14)13(10)15/h4-5,8,12H,3,6-7,16H2,1-2H3. The molecule has 0 radical (unpaired) electrons. The lowest BCUT2D eigenvalue weighted by Crippen LogP contribution is -2.21. The van der Waals surface area contributed by atoms with Crippen molar-refractivity contribution in [1.29, 1.82) is 0 Å². The van der Waals surface area contributed by atoms with Gasteiger partial charge in [0.25, 0.3) is 0 Å². The largest absolute Gasteiger partial charge is 0.330 e. The summed E-state index contributed by atoms with van der Waals surface area (Å²) in [6, 6.07) is 1.61. The molecule has 2 rings (SSSR count). The third-order valence-electron chi connectivity index (χ3n) is 3.79. The van der Waals surface area contributed by atoms with Gasteiger partial charge >= 0.3 is 0 Å². The van der Waals surface area contributed by atoms with Crippen LogP contribution in [0.25, 0.3) is 0 Å². The Morgan fingerprint density at radius 1 is 1.40 bits per heavy atom. The fraction of sp³-hybridized carbons (Fsp3) is 0.538. The maximum atomic E-state index is 14.0. The van der Waals surface area contributed by atoms with Crippen molar-refractivity contribution in [1.82, 2.24) is 4.90 Å². The molecule has 1 fully saturated rings. The molecule has 0 saturated carbocycles. The molecule has 2 N–H and O–H groups in total. The molecular formula is C13H18F2N2O2S. The van der Waals surface area contributed by atoms with Crippen molar-refractivity contribution in [3.63, 3.8) is 0 Å². The van der Waals surface area contributed by atoms with Crippen LogP contribution >= 0.6 is 0 Å². The molecule has 1 aliphatic rings. The smallest absolute Gasteiger partial charge is 0.175 e. The summed E-state index contributed by atoms with van der Waals surface area (Å²) in [4.78, 5) is 1.68. The zero-order valence-corrected chi connectivity index (χ0v) is 12.3. The van der Waals surface area contributed by atoms with Crippen molar-refractivity contribution >= 4 is 9.84 Å². The van der Waals surface area contributed by atoms with Gasteiger partial charge < -0.3 is 5.73 Å². The number of hydrogen-bond acceptors (Lipinski definition) is 4. The van der Waals surface area contributed by atoms with Crippen LogP contribution in [-0.2, 0) is 9.84 Å². The van der Waals surface area contributed by atoms with Crippen molar-refractivity contribution < 1.29 is 17.2 Å². The molecule has 4 nitrogen and oxygen atoms in total. The van der Waals surface area contributed by atoms with Gasteiger partial charge in [-0.2, -0.15) is 0 Å². The van der Waals surface area contributed by atoms with Crippen LogP contribution in [0.2, 0.25) is 0 Å². The van der Waals surface area contributed by atoms with Crippen LogP contribution in [0.5, 0.6) is 0 Å². The van der Waals surface area contributed by atoms with Gasteiger partial charge in [-0.05, 0) is 38.1 Å². The molecule has 0 aliphatic carbocycles. The Labute approximate surface area is 117 Å². The summed E-state index contributed by atoms with van der Waals surface area (Å²) in [5.41, 5.74) is 5.70. The minimum Gasteiger partial charge on any atom is -0.330 e. The maximum Gasteiger partial charge on any atom is 0.175 e. The normalized spacial score (nSPS) is 24.2. The van der Waals surface area contributed by atoms with E-state index in [1.807, 2.05) is 4.90 Å². The van der Waals surface area contributed by atoms with Gasteiger partial charge in [-0.1, -0.05) is 0 Å². The maximum absolute atomic E-state index is 14.0. The molecule has 1 heterocycles. The lowest BCUT2D eigenvalue weighted by Gasteiger charge is -2.21. The molecule has 2 atom stereocenters. The predicted octanol–water partition coefficient (Wildman–Crippen LogP) is 1.32. The third kappa shape index (κ3) is 2.84. The monoisotopic (exact) mass is 304 g/mol. The number of benzene rings is 1. The number of halogens is 2. The first-order chi connectivity index (χ1) is 9.24. The molecule has 0 amide bonds. The van der Waals surface area contributed by atoms with Gasteiger partial charge in [-0.3, -0.25) is 4.90 Å². The van der Waals surface area contributed by atoms with Crippen LogP contribution < -0.4 is 5.73 Å². The van der Waals surface area contributed by atoms with E-state index in [4.69, 9.17) is 5.73 Å². The van der Waals surface area contributed by atoms with Gasteiger partial charge in [0.05, 0.1) is 4.90 Å². The molecule has 20 heavy (non-hydrogen) atoms. The van der Waals surface area contributed by atoms with Gasteiger partial charge in [0, 0.05) is 24.4 Å². The zero-order chi connectivity index (χ0) is 15.1. The number of hydrogen-bond donors (Lipinski definition) is 1. The molecule has 0 bridgehead atoms. The van der Waals surface area contributed by atoms with E-state index in [1.165, 1.54) is 6.07 Å². The van der Waals surface area contributed by atoms with E-state index >= 15 is 0 Å². The number of sulfone groups is 1. The summed E-state index contributed by atoms with van der Waals surface area (Å²) in [5.74, 6) is -1.91. The Bertz CT molecular complexity index is 619. The van der Waals surface area contributed by atoms with E-state index in [-0.39, 0.29) is 22.4 Å². The van der Waals surface area contributed by atoms with Crippen LogP contribution in [0.15, 0.2) is 17.0 Å². The summed E-state index contributed by atoms with van der Waals surface area (Å²) >= 11 is 0. The molecule has 1 aromatic carbocycles. The SMILES string of the molecule is CN1CC(CN)CC1c1cc(S(C)(=O)=O)cc(F)c1F. The second-order valence-corrected chi connectivity index (χ2v) is 7.39. The quantitative estimate of drug-likeness (QED) is 0.856. The first-order valence-electron chi connectivity index (χ1n) is 6.33. The summed E-state index contributed by atoms with van der Waals surface area (Å²) in [7, 11) is -1.78. The molecule has 7 heteroatoms. The first kappa shape index (κ1) is 15.3. The second-order valence-electron chi connectivity index (χ2n) is 5.37. The van der Waals surface area contributed by atoms with Gasteiger partial charge in [0.15, 0.2) is 21.5 Å². The third-order valence-corrected chi connectivity index (χ3v) is 4.88. The van der Waals surface area contributed by atoms with Crippen LogP contribution in [0.3, 0.4) is 0 Å². The number of likely N-dealkylation sites (tertiary alicyclic amines) is 1. The number of nitrogens with two attached hydrogens (primary N) is 1. The van der Waals surface area contributed by atoms with Crippen molar-refractivity contribution in [3.8, 4) is 0 Å². The van der Waals surface area contributed by atoms with Gasteiger partial charge in [-0.15, -0.1) is 0 Å². The molecule has 0 aromatic heterocycles. The molecule has 2 unspecified atom stereocenters. The average Bonchev–Trinajstić information content (AvgIpc) is 2.72. The summed E-state index contributed by atoms with van der Waals surface area (Å²) in [6.45, 7) is 1.15. The van der Waals surface area contributed by atoms with Crippen LogP contribution in [0, 0.1) is 17.6 Å². The van der Waals surface area contributed by atoms with Crippen molar-refractivity contribution in [2.75, 3.05) is 26.4 Å². The molecule has 1 saturated heterocycles. The van der Waals surface area contributed by atoms with E-state index in [0.29, 0.717) is 19.5 Å². The van der Waals surface area contributed by atoms with E-state index in [9.17, 15) is 17.2 Å². The molecule has 112 valence electrons. The van der Waals surface area contributed by atoms with E-state index < -0.39 is 21.5 Å². The fourth-order valence-electron chi connectivity index (χ4n) is 2.68. The van der Waals surface area contributed by atoms with Gasteiger partial charge in [-0.25, -0.2) is 17.2 Å². The Balaban J connectivity index is 2.49. The number of nitrogens with zero attached hydrogens (tertiary/aromatic N) is 1. The van der Waals surface area contributed by atoms with Crippen LogP contribution in [-0.4, -0.2) is 39.7 Å². The van der Waals surface area contributed by atoms with E-state index in [1.54, 1.807) is 7.05 Å². The highest BCUT2D eigenvalue weighted by molar-refractivity contribution is 7.90. The topological polar surface area (TPSA) is 63.4 Å². The summed E-state index contributed by atoms with van der Waals surface area (Å²) < 4.78 is 50.7. The lowest BCUT2D eigenvalue weighted by molar-refractivity contribution is 0.303. The minimum atomic E-state index is -3.58. The lowest BCUT2D eigenvalue weighted by atomic mass is 9.99. The van der Waals surface area contributed by atoms with Gasteiger partial charge in [0.1, 0.15) is 0 Å². The summed E-state index contributed by atoms with van der Waals surface area (Å²) in [5, 5.41) is 0. The highest BCUT2D eigenvalue weighted by Crippen LogP contribution is 2.36. The predicted molar refractivity (Wildman–Crippen MR) is 72.0 cm³/mol. The van der Waals surface area contributed by atoms with Gasteiger partial charge in [0.2, 0.25) is 0 Å². The van der Waals surface area contributed by atoms with Crippen molar-refractivity contribution in [2.24, 2.45) is 11.7 Å². The van der Waals surface area contributed by atoms with Crippen LogP contribution in [0.1, 0.15) is 18.0 Å². The van der Waals surface area contributed by atoms with E-state index in [0.717, 1.165) is 12.3 Å². The fourth-order valence-corrected chi connectivity index (χ4v) is 3.34. The zero-order valence-electron chi connectivity index (χ0n) is 11.4. The van der Waals surface area contributed by atoms with Crippen molar-refractivity contribution in [3.05, 3.63) is 29.3 Å². The minimum absolute atomic E-state index is 0.0869. The molecular weight excluding hydrogens is 286 g/mol. The summed E-state index contributed by atoms with van der Waals surface area (Å²) in [6.07, 6.45) is 1.57.